The van der Waals surface area contributed by atoms with Crippen molar-refractivity contribution in [2.24, 2.45) is 0 Å². The maximum absolute atomic E-state index is 12.3. The number of hydrogen-bond donors (Lipinski definition) is 3. The zero-order valence-corrected chi connectivity index (χ0v) is 12.3. The molecule has 6 nitrogen and oxygen atoms in total. The molecule has 1 aliphatic rings. The summed E-state index contributed by atoms with van der Waals surface area (Å²) in [6.45, 7) is 2.30. The number of carbonyl (C=O) groups is 1. The van der Waals surface area contributed by atoms with Crippen molar-refractivity contribution in [2.45, 2.75) is 30.3 Å². The van der Waals surface area contributed by atoms with Crippen molar-refractivity contribution in [1.29, 1.82) is 0 Å². The summed E-state index contributed by atoms with van der Waals surface area (Å²) in [5.74, 6) is -0.129. The van der Waals surface area contributed by atoms with Crippen molar-refractivity contribution in [2.75, 3.05) is 13.6 Å². The lowest BCUT2D eigenvalue weighted by Gasteiger charge is -2.14. The molecule has 1 fully saturated rings. The van der Waals surface area contributed by atoms with E-state index in [0.717, 1.165) is 5.56 Å². The van der Waals surface area contributed by atoms with E-state index in [9.17, 15) is 13.2 Å². The molecule has 1 amide bonds. The maximum Gasteiger partial charge on any atom is 0.240 e. The van der Waals surface area contributed by atoms with Gasteiger partial charge < -0.3 is 10.6 Å². The highest BCUT2D eigenvalue weighted by molar-refractivity contribution is 7.89. The molecule has 1 saturated heterocycles. The van der Waals surface area contributed by atoms with Gasteiger partial charge in [-0.15, -0.1) is 0 Å². The Morgan fingerprint density at radius 2 is 2.15 bits per heavy atom. The molecule has 0 bridgehead atoms. The summed E-state index contributed by atoms with van der Waals surface area (Å²) in [6, 6.07) is 6.49. The number of nitrogens with one attached hydrogen (secondary N) is 3. The highest BCUT2D eigenvalue weighted by Crippen LogP contribution is 2.18. The molecule has 1 aromatic carbocycles. The van der Waals surface area contributed by atoms with Crippen molar-refractivity contribution < 1.29 is 13.2 Å². The average molecular weight is 297 g/mol. The van der Waals surface area contributed by atoms with Crippen LogP contribution in [0, 0.1) is 0 Å². The smallest absolute Gasteiger partial charge is 0.240 e. The Balaban J connectivity index is 2.19. The van der Waals surface area contributed by atoms with Gasteiger partial charge in [0.25, 0.3) is 0 Å². The Morgan fingerprint density at radius 1 is 1.40 bits per heavy atom. The minimum absolute atomic E-state index is 0.0693. The van der Waals surface area contributed by atoms with E-state index in [0.29, 0.717) is 6.54 Å². The van der Waals surface area contributed by atoms with Crippen LogP contribution >= 0.6 is 0 Å². The molecule has 1 heterocycles. The third-order valence-electron chi connectivity index (χ3n) is 3.40. The summed E-state index contributed by atoms with van der Waals surface area (Å²) >= 11 is 0. The second-order valence-corrected chi connectivity index (χ2v) is 6.62. The third-order valence-corrected chi connectivity index (χ3v) is 4.92. The molecule has 1 aliphatic heterocycles. The van der Waals surface area contributed by atoms with Gasteiger partial charge in [0.15, 0.2) is 0 Å². The molecular formula is C13H19N3O3S. The topological polar surface area (TPSA) is 87.3 Å². The Bertz CT molecular complexity index is 601. The molecule has 0 spiro atoms. The van der Waals surface area contributed by atoms with E-state index in [1.807, 2.05) is 20.0 Å². The quantitative estimate of drug-likeness (QED) is 0.721. The van der Waals surface area contributed by atoms with Gasteiger partial charge in [0, 0.05) is 25.0 Å². The lowest BCUT2D eigenvalue weighted by atomic mass is 10.1. The number of amides is 1. The van der Waals surface area contributed by atoms with Crippen LogP contribution in [0.1, 0.15) is 24.9 Å². The number of carbonyl (C=O) groups excluding carboxylic acids is 1. The van der Waals surface area contributed by atoms with Crippen LogP contribution in [0.2, 0.25) is 0 Å². The predicted molar refractivity (Wildman–Crippen MR) is 75.7 cm³/mol. The largest absolute Gasteiger partial charge is 0.354 e. The van der Waals surface area contributed by atoms with Gasteiger partial charge in [-0.2, -0.15) is 0 Å². The summed E-state index contributed by atoms with van der Waals surface area (Å²) in [5.41, 5.74) is 0.899. The lowest BCUT2D eigenvalue weighted by molar-refractivity contribution is -0.119. The molecule has 0 aliphatic carbocycles. The fourth-order valence-corrected chi connectivity index (χ4v) is 3.38. The van der Waals surface area contributed by atoms with Crippen LogP contribution < -0.4 is 15.4 Å². The Labute approximate surface area is 119 Å². The Morgan fingerprint density at radius 3 is 2.75 bits per heavy atom. The SMILES string of the molecule is CNC(C)c1cccc(S(=O)(=O)NC2CNC(=O)C2)c1. The van der Waals surface area contributed by atoms with Crippen LogP contribution in [0.5, 0.6) is 0 Å². The number of sulfonamides is 1. The third kappa shape index (κ3) is 3.36. The van der Waals surface area contributed by atoms with Crippen LogP contribution in [-0.4, -0.2) is 34.0 Å². The van der Waals surface area contributed by atoms with E-state index in [4.69, 9.17) is 0 Å². The van der Waals surface area contributed by atoms with Gasteiger partial charge in [0.2, 0.25) is 15.9 Å². The summed E-state index contributed by atoms with van der Waals surface area (Å²) in [5, 5.41) is 5.68. The number of hydrogen-bond acceptors (Lipinski definition) is 4. The lowest BCUT2D eigenvalue weighted by Crippen LogP contribution is -2.36. The molecular weight excluding hydrogens is 278 g/mol. The highest BCUT2D eigenvalue weighted by atomic mass is 32.2. The minimum atomic E-state index is -3.60. The second-order valence-electron chi connectivity index (χ2n) is 4.91. The predicted octanol–water partition coefficient (Wildman–Crippen LogP) is 0.134. The molecule has 2 rings (SSSR count). The first-order chi connectivity index (χ1) is 9.42. The molecule has 20 heavy (non-hydrogen) atoms. The van der Waals surface area contributed by atoms with Crippen molar-refractivity contribution >= 4 is 15.9 Å². The van der Waals surface area contributed by atoms with E-state index in [1.54, 1.807) is 18.2 Å². The summed E-state index contributed by atoms with van der Waals surface area (Å²) in [4.78, 5) is 11.3. The van der Waals surface area contributed by atoms with Gasteiger partial charge in [-0.05, 0) is 31.7 Å². The van der Waals surface area contributed by atoms with Gasteiger partial charge in [0.1, 0.15) is 0 Å². The van der Waals surface area contributed by atoms with Crippen molar-refractivity contribution in [3.63, 3.8) is 0 Å². The average Bonchev–Trinajstić information content (AvgIpc) is 2.82. The van der Waals surface area contributed by atoms with Crippen molar-refractivity contribution in [1.82, 2.24) is 15.4 Å². The van der Waals surface area contributed by atoms with Gasteiger partial charge in [0.05, 0.1) is 4.90 Å². The van der Waals surface area contributed by atoms with Crippen molar-refractivity contribution in [3.05, 3.63) is 29.8 Å². The monoisotopic (exact) mass is 297 g/mol. The van der Waals surface area contributed by atoms with E-state index in [-0.39, 0.29) is 29.3 Å². The standard InChI is InChI=1S/C13H19N3O3S/c1-9(14-2)10-4-3-5-12(6-10)20(18,19)16-11-7-13(17)15-8-11/h3-6,9,11,14,16H,7-8H2,1-2H3,(H,15,17). The first-order valence-electron chi connectivity index (χ1n) is 6.48. The second kappa shape index (κ2) is 5.90. The highest BCUT2D eigenvalue weighted by Gasteiger charge is 2.27. The van der Waals surface area contributed by atoms with Gasteiger partial charge in [-0.3, -0.25) is 4.79 Å². The summed E-state index contributed by atoms with van der Waals surface area (Å²) in [6.07, 6.45) is 0.186. The maximum atomic E-state index is 12.3. The van der Waals surface area contributed by atoms with E-state index in [2.05, 4.69) is 15.4 Å². The van der Waals surface area contributed by atoms with E-state index in [1.165, 1.54) is 0 Å². The van der Waals surface area contributed by atoms with E-state index >= 15 is 0 Å². The van der Waals surface area contributed by atoms with E-state index < -0.39 is 10.0 Å². The zero-order valence-electron chi connectivity index (χ0n) is 11.5. The number of rotatable bonds is 5. The molecule has 110 valence electrons. The normalized spacial score (nSPS) is 20.7. The van der Waals surface area contributed by atoms with Crippen LogP contribution in [-0.2, 0) is 14.8 Å². The fourth-order valence-electron chi connectivity index (χ4n) is 2.09. The van der Waals surface area contributed by atoms with Crippen LogP contribution in [0.25, 0.3) is 0 Å². The molecule has 2 unspecified atom stereocenters. The molecule has 0 radical (unpaired) electrons. The van der Waals surface area contributed by atoms with Crippen molar-refractivity contribution in [3.8, 4) is 0 Å². The van der Waals surface area contributed by atoms with Crippen LogP contribution in [0.15, 0.2) is 29.2 Å². The Kier molecular flexibility index (Phi) is 4.42. The number of benzene rings is 1. The summed E-state index contributed by atoms with van der Waals surface area (Å²) in [7, 11) is -1.78. The van der Waals surface area contributed by atoms with Gasteiger partial charge in [-0.25, -0.2) is 13.1 Å². The molecule has 1 aromatic rings. The Hall–Kier alpha value is -1.44. The molecule has 0 aromatic heterocycles. The molecule has 3 N–H and O–H groups in total. The van der Waals surface area contributed by atoms with Gasteiger partial charge in [-0.1, -0.05) is 12.1 Å². The minimum Gasteiger partial charge on any atom is -0.354 e. The molecule has 7 heteroatoms. The van der Waals surface area contributed by atoms with Crippen LogP contribution in [0.3, 0.4) is 0 Å². The molecule has 2 atom stereocenters. The first kappa shape index (κ1) is 15.0. The first-order valence-corrected chi connectivity index (χ1v) is 7.97. The van der Waals surface area contributed by atoms with Crippen LogP contribution in [0.4, 0.5) is 0 Å². The van der Waals surface area contributed by atoms with Gasteiger partial charge >= 0.3 is 0 Å². The fraction of sp³-hybridized carbons (Fsp3) is 0.462. The zero-order chi connectivity index (χ0) is 14.8. The summed E-state index contributed by atoms with van der Waals surface area (Å²) < 4.78 is 27.1. The molecule has 0 saturated carbocycles.